The number of nitrogens with zero attached hydrogens (tertiary/aromatic N) is 3. The first-order valence-electron chi connectivity index (χ1n) is 5.68. The van der Waals surface area contributed by atoms with Crippen molar-refractivity contribution < 1.29 is 4.79 Å². The summed E-state index contributed by atoms with van der Waals surface area (Å²) in [6, 6.07) is 13.0. The Morgan fingerprint density at radius 1 is 1.05 bits per heavy atom. The SMILES string of the molecule is O=C(Sc1nncc2ccccc12)c1ccccn1. The van der Waals surface area contributed by atoms with E-state index in [4.69, 9.17) is 0 Å². The van der Waals surface area contributed by atoms with Crippen molar-refractivity contribution >= 4 is 27.6 Å². The van der Waals surface area contributed by atoms with Crippen LogP contribution in [-0.2, 0) is 0 Å². The largest absolute Gasteiger partial charge is 0.279 e. The van der Waals surface area contributed by atoms with E-state index in [0.29, 0.717) is 10.7 Å². The first kappa shape index (κ1) is 11.8. The second-order valence-electron chi connectivity index (χ2n) is 3.84. The molecule has 92 valence electrons. The normalized spacial score (nSPS) is 10.5. The number of fused-ring (bicyclic) bond motifs is 1. The monoisotopic (exact) mass is 267 g/mol. The zero-order valence-electron chi connectivity index (χ0n) is 9.85. The molecule has 1 aromatic carbocycles. The molecule has 0 amide bonds. The van der Waals surface area contributed by atoms with Crippen LogP contribution in [-0.4, -0.2) is 20.3 Å². The lowest BCUT2D eigenvalue weighted by atomic mass is 10.2. The summed E-state index contributed by atoms with van der Waals surface area (Å²) >= 11 is 1.05. The third-order valence-electron chi connectivity index (χ3n) is 2.60. The highest BCUT2D eigenvalue weighted by Gasteiger charge is 2.12. The molecule has 0 radical (unpaired) electrons. The van der Waals surface area contributed by atoms with Crippen LogP contribution in [0.3, 0.4) is 0 Å². The number of carbonyl (C=O) groups excluding carboxylic acids is 1. The van der Waals surface area contributed by atoms with Crippen molar-refractivity contribution in [3.63, 3.8) is 0 Å². The molecule has 19 heavy (non-hydrogen) atoms. The quantitative estimate of drug-likeness (QED) is 0.668. The van der Waals surface area contributed by atoms with Gasteiger partial charge in [-0.2, -0.15) is 5.10 Å². The summed E-state index contributed by atoms with van der Waals surface area (Å²) in [6.07, 6.45) is 3.28. The standard InChI is InChI=1S/C14H9N3OS/c18-14(12-7-3-4-8-15-12)19-13-11-6-2-1-5-10(11)9-16-17-13/h1-9H. The molecule has 0 saturated heterocycles. The minimum atomic E-state index is -0.133. The average Bonchev–Trinajstić information content (AvgIpc) is 2.48. The maximum absolute atomic E-state index is 12.1. The summed E-state index contributed by atoms with van der Waals surface area (Å²) in [7, 11) is 0. The summed E-state index contributed by atoms with van der Waals surface area (Å²) in [6.45, 7) is 0. The van der Waals surface area contributed by atoms with Gasteiger partial charge >= 0.3 is 0 Å². The molecule has 0 spiro atoms. The predicted molar refractivity (Wildman–Crippen MR) is 74.0 cm³/mol. The van der Waals surface area contributed by atoms with Crippen molar-refractivity contribution in [3.05, 3.63) is 60.6 Å². The van der Waals surface area contributed by atoms with E-state index in [1.165, 1.54) is 0 Å². The van der Waals surface area contributed by atoms with Crippen molar-refractivity contribution in [2.75, 3.05) is 0 Å². The molecule has 0 aliphatic heterocycles. The number of hydrogen-bond donors (Lipinski definition) is 0. The molecular weight excluding hydrogens is 258 g/mol. The van der Waals surface area contributed by atoms with Crippen LogP contribution < -0.4 is 0 Å². The molecule has 2 heterocycles. The summed E-state index contributed by atoms with van der Waals surface area (Å²) in [5, 5.41) is 10.3. The molecule has 0 fully saturated rings. The molecule has 4 nitrogen and oxygen atoms in total. The van der Waals surface area contributed by atoms with Crippen molar-refractivity contribution in [1.82, 2.24) is 15.2 Å². The summed E-state index contributed by atoms with van der Waals surface area (Å²) < 4.78 is 0. The lowest BCUT2D eigenvalue weighted by molar-refractivity contribution is 0.108. The Labute approximate surface area is 113 Å². The summed E-state index contributed by atoms with van der Waals surface area (Å²) in [5.74, 6) is 0. The first-order chi connectivity index (χ1) is 9.34. The molecule has 0 bridgehead atoms. The number of carbonyl (C=O) groups is 1. The molecule has 2 aromatic heterocycles. The highest BCUT2D eigenvalue weighted by atomic mass is 32.2. The van der Waals surface area contributed by atoms with Crippen LogP contribution in [0, 0.1) is 0 Å². The van der Waals surface area contributed by atoms with E-state index in [2.05, 4.69) is 15.2 Å². The van der Waals surface area contributed by atoms with E-state index in [1.807, 2.05) is 24.3 Å². The minimum Gasteiger partial charge on any atom is -0.279 e. The third kappa shape index (κ3) is 2.46. The zero-order valence-corrected chi connectivity index (χ0v) is 10.7. The molecule has 0 aliphatic rings. The molecule has 3 rings (SSSR count). The van der Waals surface area contributed by atoms with Crippen LogP contribution in [0.1, 0.15) is 10.5 Å². The Hall–Kier alpha value is -2.27. The molecule has 3 aromatic rings. The van der Waals surface area contributed by atoms with E-state index in [0.717, 1.165) is 22.5 Å². The molecule has 0 aliphatic carbocycles. The van der Waals surface area contributed by atoms with Crippen LogP contribution in [0.5, 0.6) is 0 Å². The van der Waals surface area contributed by atoms with Crippen molar-refractivity contribution in [1.29, 1.82) is 0 Å². The summed E-state index contributed by atoms with van der Waals surface area (Å²) in [5.41, 5.74) is 0.419. The summed E-state index contributed by atoms with van der Waals surface area (Å²) in [4.78, 5) is 16.1. The minimum absolute atomic E-state index is 0.133. The van der Waals surface area contributed by atoms with Gasteiger partial charge in [0.05, 0.1) is 6.20 Å². The Morgan fingerprint density at radius 3 is 2.74 bits per heavy atom. The van der Waals surface area contributed by atoms with E-state index in [1.54, 1.807) is 30.6 Å². The van der Waals surface area contributed by atoms with E-state index in [-0.39, 0.29) is 5.12 Å². The Bertz CT molecular complexity index is 726. The van der Waals surface area contributed by atoms with E-state index < -0.39 is 0 Å². The number of hydrogen-bond acceptors (Lipinski definition) is 5. The van der Waals surface area contributed by atoms with Crippen LogP contribution in [0.25, 0.3) is 10.8 Å². The number of benzene rings is 1. The Kier molecular flexibility index (Phi) is 3.20. The zero-order chi connectivity index (χ0) is 13.1. The third-order valence-corrected chi connectivity index (χ3v) is 3.49. The van der Waals surface area contributed by atoms with Crippen LogP contribution >= 0.6 is 11.8 Å². The lowest BCUT2D eigenvalue weighted by Gasteiger charge is -2.02. The van der Waals surface area contributed by atoms with Gasteiger partial charge in [-0.3, -0.25) is 9.78 Å². The van der Waals surface area contributed by atoms with Crippen LogP contribution in [0.15, 0.2) is 59.9 Å². The molecule has 5 heteroatoms. The lowest BCUT2D eigenvalue weighted by Crippen LogP contribution is -1.98. The molecule has 0 unspecified atom stereocenters. The number of rotatable bonds is 2. The number of pyridine rings is 1. The second-order valence-corrected chi connectivity index (χ2v) is 4.80. The fourth-order valence-corrected chi connectivity index (χ4v) is 2.49. The van der Waals surface area contributed by atoms with Gasteiger partial charge in [-0.05, 0) is 23.9 Å². The van der Waals surface area contributed by atoms with Gasteiger partial charge in [0.25, 0.3) is 0 Å². The van der Waals surface area contributed by atoms with Gasteiger partial charge in [0, 0.05) is 17.0 Å². The molecule has 0 atom stereocenters. The van der Waals surface area contributed by atoms with Crippen molar-refractivity contribution in [2.45, 2.75) is 5.03 Å². The molecular formula is C14H9N3OS. The fourth-order valence-electron chi connectivity index (χ4n) is 1.70. The highest BCUT2D eigenvalue weighted by Crippen LogP contribution is 2.26. The predicted octanol–water partition coefficient (Wildman–Crippen LogP) is 2.96. The average molecular weight is 267 g/mol. The molecule has 0 N–H and O–H groups in total. The van der Waals surface area contributed by atoms with Crippen molar-refractivity contribution in [2.24, 2.45) is 0 Å². The van der Waals surface area contributed by atoms with Gasteiger partial charge in [0.1, 0.15) is 10.7 Å². The van der Waals surface area contributed by atoms with E-state index in [9.17, 15) is 4.79 Å². The van der Waals surface area contributed by atoms with Gasteiger partial charge in [-0.15, -0.1) is 5.10 Å². The topological polar surface area (TPSA) is 55.7 Å². The van der Waals surface area contributed by atoms with Crippen LogP contribution in [0.2, 0.25) is 0 Å². The number of thioether (sulfide) groups is 1. The van der Waals surface area contributed by atoms with Gasteiger partial charge in [0.15, 0.2) is 0 Å². The fraction of sp³-hybridized carbons (Fsp3) is 0. The van der Waals surface area contributed by atoms with Gasteiger partial charge < -0.3 is 0 Å². The van der Waals surface area contributed by atoms with Crippen LogP contribution in [0.4, 0.5) is 0 Å². The maximum atomic E-state index is 12.1. The van der Waals surface area contributed by atoms with Crippen molar-refractivity contribution in [3.8, 4) is 0 Å². The smallest absolute Gasteiger partial charge is 0.244 e. The van der Waals surface area contributed by atoms with Gasteiger partial charge in [0.2, 0.25) is 5.12 Å². The van der Waals surface area contributed by atoms with E-state index >= 15 is 0 Å². The highest BCUT2D eigenvalue weighted by molar-refractivity contribution is 8.14. The second kappa shape index (κ2) is 5.16. The number of aromatic nitrogens is 3. The Morgan fingerprint density at radius 2 is 1.89 bits per heavy atom. The Balaban J connectivity index is 1.96. The maximum Gasteiger partial charge on any atom is 0.244 e. The molecule has 0 saturated carbocycles. The van der Waals surface area contributed by atoms with Gasteiger partial charge in [-0.25, -0.2) is 0 Å². The van der Waals surface area contributed by atoms with Gasteiger partial charge in [-0.1, -0.05) is 30.3 Å². The first-order valence-corrected chi connectivity index (χ1v) is 6.50.